The molecular formula is C15H24N2O. The number of benzene rings is 1. The van der Waals surface area contributed by atoms with Crippen molar-refractivity contribution in [3.63, 3.8) is 0 Å². The molecule has 0 aliphatic heterocycles. The Morgan fingerprint density at radius 3 is 2.56 bits per heavy atom. The molecule has 0 radical (unpaired) electrons. The zero-order valence-electron chi connectivity index (χ0n) is 11.4. The molecule has 0 saturated carbocycles. The third-order valence-corrected chi connectivity index (χ3v) is 3.10. The van der Waals surface area contributed by atoms with Crippen LogP contribution in [0.1, 0.15) is 32.3 Å². The number of carbonyl (C=O) groups is 1. The van der Waals surface area contributed by atoms with Gasteiger partial charge in [-0.2, -0.15) is 0 Å². The summed E-state index contributed by atoms with van der Waals surface area (Å²) in [6.45, 7) is 4.69. The zero-order valence-corrected chi connectivity index (χ0v) is 11.4. The summed E-state index contributed by atoms with van der Waals surface area (Å²) < 4.78 is 0. The molecule has 0 spiro atoms. The Hall–Kier alpha value is -1.35. The van der Waals surface area contributed by atoms with Crippen LogP contribution in [0.15, 0.2) is 30.3 Å². The van der Waals surface area contributed by atoms with Crippen LogP contribution in [0.4, 0.5) is 0 Å². The number of carbonyl (C=O) groups excluding carboxylic acids is 1. The van der Waals surface area contributed by atoms with Crippen molar-refractivity contribution in [3.8, 4) is 0 Å². The number of aryl methyl sites for hydroxylation is 1. The Kier molecular flexibility index (Phi) is 6.44. The fourth-order valence-electron chi connectivity index (χ4n) is 1.65. The molecule has 1 unspecified atom stereocenters. The van der Waals surface area contributed by atoms with Crippen LogP contribution in [-0.2, 0) is 11.2 Å². The minimum atomic E-state index is 0.0445. The van der Waals surface area contributed by atoms with Crippen LogP contribution in [0.25, 0.3) is 0 Å². The minimum Gasteiger partial charge on any atom is -0.355 e. The SMILES string of the molecule is CC(C)C(N)CNC(=O)CCCc1ccccc1. The highest BCUT2D eigenvalue weighted by Gasteiger charge is 2.09. The molecule has 0 heterocycles. The van der Waals surface area contributed by atoms with Crippen LogP contribution in [-0.4, -0.2) is 18.5 Å². The quantitative estimate of drug-likeness (QED) is 0.776. The Balaban J connectivity index is 2.14. The van der Waals surface area contributed by atoms with E-state index in [1.54, 1.807) is 0 Å². The summed E-state index contributed by atoms with van der Waals surface area (Å²) >= 11 is 0. The number of hydrogen-bond donors (Lipinski definition) is 2. The molecule has 1 aromatic rings. The standard InChI is InChI=1S/C15H24N2O/c1-12(2)14(16)11-17-15(18)10-6-9-13-7-4-3-5-8-13/h3-5,7-8,12,14H,6,9-11,16H2,1-2H3,(H,17,18). The first kappa shape index (κ1) is 14.7. The molecule has 1 aromatic carbocycles. The topological polar surface area (TPSA) is 55.1 Å². The Bertz CT molecular complexity index is 349. The van der Waals surface area contributed by atoms with Crippen LogP contribution in [0.5, 0.6) is 0 Å². The van der Waals surface area contributed by atoms with Crippen LogP contribution in [0.3, 0.4) is 0 Å². The fourth-order valence-corrected chi connectivity index (χ4v) is 1.65. The summed E-state index contributed by atoms with van der Waals surface area (Å²) in [7, 11) is 0. The Morgan fingerprint density at radius 2 is 1.94 bits per heavy atom. The van der Waals surface area contributed by atoms with E-state index >= 15 is 0 Å². The summed E-state index contributed by atoms with van der Waals surface area (Å²) in [5, 5.41) is 2.89. The van der Waals surface area contributed by atoms with Crippen LogP contribution in [0, 0.1) is 5.92 Å². The molecule has 0 aliphatic rings. The van der Waals surface area contributed by atoms with Gasteiger partial charge in [0.1, 0.15) is 0 Å². The van der Waals surface area contributed by atoms with Gasteiger partial charge in [0, 0.05) is 19.0 Å². The molecular weight excluding hydrogens is 224 g/mol. The average Bonchev–Trinajstić information content (AvgIpc) is 2.37. The minimum absolute atomic E-state index is 0.0445. The van der Waals surface area contributed by atoms with Crippen LogP contribution >= 0.6 is 0 Å². The second kappa shape index (κ2) is 7.88. The highest BCUT2D eigenvalue weighted by atomic mass is 16.1. The van der Waals surface area contributed by atoms with Crippen molar-refractivity contribution in [2.45, 2.75) is 39.2 Å². The maximum Gasteiger partial charge on any atom is 0.220 e. The predicted molar refractivity (Wildman–Crippen MR) is 75.2 cm³/mol. The number of nitrogens with one attached hydrogen (secondary N) is 1. The number of amides is 1. The molecule has 0 aliphatic carbocycles. The molecule has 3 N–H and O–H groups in total. The molecule has 0 fully saturated rings. The van der Waals surface area contributed by atoms with Crippen LogP contribution < -0.4 is 11.1 Å². The van der Waals surface area contributed by atoms with Crippen molar-refractivity contribution >= 4 is 5.91 Å². The maximum absolute atomic E-state index is 11.6. The monoisotopic (exact) mass is 248 g/mol. The van der Waals surface area contributed by atoms with Gasteiger partial charge in [-0.1, -0.05) is 44.2 Å². The Labute approximate surface area is 110 Å². The van der Waals surface area contributed by atoms with Crippen molar-refractivity contribution < 1.29 is 4.79 Å². The first-order chi connectivity index (χ1) is 8.59. The molecule has 3 nitrogen and oxygen atoms in total. The summed E-state index contributed by atoms with van der Waals surface area (Å²) in [5.41, 5.74) is 7.15. The summed E-state index contributed by atoms with van der Waals surface area (Å²) in [4.78, 5) is 11.6. The van der Waals surface area contributed by atoms with E-state index in [2.05, 4.69) is 31.3 Å². The van der Waals surface area contributed by atoms with E-state index in [1.165, 1.54) is 5.56 Å². The van der Waals surface area contributed by atoms with E-state index < -0.39 is 0 Å². The van der Waals surface area contributed by atoms with Crippen molar-refractivity contribution in [2.24, 2.45) is 11.7 Å². The van der Waals surface area contributed by atoms with Gasteiger partial charge in [-0.05, 0) is 24.3 Å². The van der Waals surface area contributed by atoms with Crippen molar-refractivity contribution in [1.29, 1.82) is 0 Å². The first-order valence-electron chi connectivity index (χ1n) is 6.66. The van der Waals surface area contributed by atoms with Crippen molar-refractivity contribution in [3.05, 3.63) is 35.9 Å². The molecule has 100 valence electrons. The molecule has 18 heavy (non-hydrogen) atoms. The van der Waals surface area contributed by atoms with E-state index in [0.29, 0.717) is 18.9 Å². The molecule has 1 amide bonds. The molecule has 0 bridgehead atoms. The van der Waals surface area contributed by atoms with Gasteiger partial charge in [-0.15, -0.1) is 0 Å². The Morgan fingerprint density at radius 1 is 1.28 bits per heavy atom. The van der Waals surface area contributed by atoms with E-state index in [4.69, 9.17) is 5.73 Å². The lowest BCUT2D eigenvalue weighted by Gasteiger charge is -2.16. The molecule has 0 aromatic heterocycles. The predicted octanol–water partition coefficient (Wildman–Crippen LogP) is 2.11. The second-order valence-electron chi connectivity index (χ2n) is 5.05. The maximum atomic E-state index is 11.6. The highest BCUT2D eigenvalue weighted by molar-refractivity contribution is 5.75. The summed E-state index contributed by atoms with van der Waals surface area (Å²) in [6.07, 6.45) is 2.40. The van der Waals surface area contributed by atoms with Gasteiger partial charge in [0.15, 0.2) is 0 Å². The van der Waals surface area contributed by atoms with Crippen molar-refractivity contribution in [2.75, 3.05) is 6.54 Å². The first-order valence-corrected chi connectivity index (χ1v) is 6.66. The third kappa shape index (κ3) is 5.82. The van der Waals surface area contributed by atoms with E-state index in [-0.39, 0.29) is 11.9 Å². The van der Waals surface area contributed by atoms with Gasteiger partial charge in [-0.25, -0.2) is 0 Å². The van der Waals surface area contributed by atoms with Gasteiger partial charge in [0.05, 0.1) is 0 Å². The number of hydrogen-bond acceptors (Lipinski definition) is 2. The summed E-state index contributed by atoms with van der Waals surface area (Å²) in [5.74, 6) is 0.497. The fraction of sp³-hybridized carbons (Fsp3) is 0.533. The van der Waals surface area contributed by atoms with Gasteiger partial charge in [0.2, 0.25) is 5.91 Å². The number of rotatable bonds is 7. The molecule has 3 heteroatoms. The molecule has 1 rings (SSSR count). The van der Waals surface area contributed by atoms with Gasteiger partial charge < -0.3 is 11.1 Å². The van der Waals surface area contributed by atoms with Gasteiger partial charge in [0.25, 0.3) is 0 Å². The van der Waals surface area contributed by atoms with Crippen molar-refractivity contribution in [1.82, 2.24) is 5.32 Å². The van der Waals surface area contributed by atoms with Crippen LogP contribution in [0.2, 0.25) is 0 Å². The lowest BCUT2D eigenvalue weighted by atomic mass is 10.1. The number of nitrogens with two attached hydrogens (primary N) is 1. The van der Waals surface area contributed by atoms with E-state index in [0.717, 1.165) is 12.8 Å². The normalized spacial score (nSPS) is 12.4. The van der Waals surface area contributed by atoms with Gasteiger partial charge >= 0.3 is 0 Å². The summed E-state index contributed by atoms with van der Waals surface area (Å²) in [6, 6.07) is 10.3. The molecule has 1 atom stereocenters. The largest absolute Gasteiger partial charge is 0.355 e. The average molecular weight is 248 g/mol. The van der Waals surface area contributed by atoms with Gasteiger partial charge in [-0.3, -0.25) is 4.79 Å². The highest BCUT2D eigenvalue weighted by Crippen LogP contribution is 2.04. The second-order valence-corrected chi connectivity index (χ2v) is 5.05. The van der Waals surface area contributed by atoms with E-state index in [9.17, 15) is 4.79 Å². The third-order valence-electron chi connectivity index (χ3n) is 3.10. The lowest BCUT2D eigenvalue weighted by molar-refractivity contribution is -0.121. The lowest BCUT2D eigenvalue weighted by Crippen LogP contribution is -2.40. The smallest absolute Gasteiger partial charge is 0.220 e. The molecule has 0 saturated heterocycles. The van der Waals surface area contributed by atoms with E-state index in [1.807, 2.05) is 18.2 Å². The zero-order chi connectivity index (χ0) is 13.4.